The first-order chi connectivity index (χ1) is 17.0. The number of nitrogens with zero attached hydrogens (tertiary/aromatic N) is 4. The van der Waals surface area contributed by atoms with Crippen LogP contribution < -0.4 is 21.3 Å². The van der Waals surface area contributed by atoms with Crippen molar-refractivity contribution in [3.8, 4) is 0 Å². The minimum Gasteiger partial charge on any atom is -0.361 e. The highest BCUT2D eigenvalue weighted by Gasteiger charge is 2.34. The zero-order chi connectivity index (χ0) is 26.5. The number of rotatable bonds is 8. The number of carbonyl (C=O) groups is 3. The van der Waals surface area contributed by atoms with Crippen molar-refractivity contribution in [2.45, 2.75) is 19.1 Å². The maximum Gasteiger partial charge on any atom is 0.418 e. The quantitative estimate of drug-likeness (QED) is 0.339. The molecule has 4 N–H and O–H groups in total. The summed E-state index contributed by atoms with van der Waals surface area (Å²) >= 11 is 6.47. The van der Waals surface area contributed by atoms with E-state index >= 15 is 0 Å². The maximum atomic E-state index is 13.0. The number of amides is 3. The van der Waals surface area contributed by atoms with Crippen molar-refractivity contribution in [3.05, 3.63) is 57.0 Å². The van der Waals surface area contributed by atoms with Gasteiger partial charge in [0.25, 0.3) is 11.8 Å². The number of hydrogen-bond donors (Lipinski definition) is 4. The van der Waals surface area contributed by atoms with Gasteiger partial charge in [0.15, 0.2) is 0 Å². The van der Waals surface area contributed by atoms with Gasteiger partial charge >= 0.3 is 6.18 Å². The summed E-state index contributed by atoms with van der Waals surface area (Å²) in [6, 6.07) is 1.36. The van der Waals surface area contributed by atoms with Crippen molar-refractivity contribution in [2.75, 3.05) is 24.2 Å². The molecule has 0 aliphatic heterocycles. The third-order valence-electron chi connectivity index (χ3n) is 4.48. The van der Waals surface area contributed by atoms with E-state index in [0.29, 0.717) is 11.1 Å². The number of thiazole rings is 1. The van der Waals surface area contributed by atoms with Crippen LogP contribution >= 0.6 is 22.9 Å². The molecule has 3 heterocycles. The summed E-state index contributed by atoms with van der Waals surface area (Å²) in [6.45, 7) is 1.58. The topological polar surface area (TPSA) is 151 Å². The summed E-state index contributed by atoms with van der Waals surface area (Å²) in [5.41, 5.74) is -1.10. The largest absolute Gasteiger partial charge is 0.418 e. The number of anilines is 2. The normalized spacial score (nSPS) is 11.9. The van der Waals surface area contributed by atoms with Crippen LogP contribution in [0.3, 0.4) is 0 Å². The Balaban J connectivity index is 1.64. The fourth-order valence-corrected chi connectivity index (χ4v) is 3.69. The van der Waals surface area contributed by atoms with E-state index in [-0.39, 0.29) is 34.7 Å². The van der Waals surface area contributed by atoms with Crippen molar-refractivity contribution >= 4 is 52.3 Å². The molecule has 190 valence electrons. The molecule has 11 nitrogen and oxygen atoms in total. The van der Waals surface area contributed by atoms with Crippen LogP contribution in [-0.4, -0.2) is 51.2 Å². The molecule has 0 aliphatic rings. The van der Waals surface area contributed by atoms with E-state index in [1.807, 2.05) is 0 Å². The van der Waals surface area contributed by atoms with Gasteiger partial charge in [-0.3, -0.25) is 14.4 Å². The Labute approximate surface area is 210 Å². The van der Waals surface area contributed by atoms with Crippen molar-refractivity contribution in [3.63, 3.8) is 0 Å². The molecule has 36 heavy (non-hydrogen) atoms. The number of halogens is 4. The van der Waals surface area contributed by atoms with Crippen molar-refractivity contribution in [1.29, 1.82) is 0 Å². The Kier molecular flexibility index (Phi) is 8.37. The SMILES string of the molecule is CNC(=O)CNc1cc(C(=O)N[C@H](C)c2ncc(C(=O)Nc3cc(C(F)(F)F)c(Cl)cn3)s2)ncn1. The summed E-state index contributed by atoms with van der Waals surface area (Å²) in [7, 11) is 1.48. The summed E-state index contributed by atoms with van der Waals surface area (Å²) in [5.74, 6) is -1.63. The van der Waals surface area contributed by atoms with E-state index in [0.717, 1.165) is 23.9 Å². The minimum absolute atomic E-state index is 0.0278. The average molecular weight is 543 g/mol. The zero-order valence-electron chi connectivity index (χ0n) is 18.6. The van der Waals surface area contributed by atoms with Gasteiger partial charge in [-0.2, -0.15) is 13.2 Å². The van der Waals surface area contributed by atoms with Crippen LogP contribution in [0.2, 0.25) is 5.02 Å². The van der Waals surface area contributed by atoms with Crippen LogP contribution in [0.1, 0.15) is 43.7 Å². The molecule has 0 fully saturated rings. The van der Waals surface area contributed by atoms with Crippen LogP contribution in [0.25, 0.3) is 0 Å². The summed E-state index contributed by atoms with van der Waals surface area (Å²) in [4.78, 5) is 52.1. The summed E-state index contributed by atoms with van der Waals surface area (Å²) < 4.78 is 39.1. The second kappa shape index (κ2) is 11.3. The lowest BCUT2D eigenvalue weighted by molar-refractivity contribution is -0.137. The Morgan fingerprint density at radius 1 is 1.06 bits per heavy atom. The number of aromatic nitrogens is 4. The number of likely N-dealkylation sites (N-methyl/N-ethyl adjacent to an activating group) is 1. The second-order valence-electron chi connectivity index (χ2n) is 7.07. The van der Waals surface area contributed by atoms with Crippen molar-refractivity contribution in [1.82, 2.24) is 30.6 Å². The number of hydrogen-bond acceptors (Lipinski definition) is 9. The lowest BCUT2D eigenvalue weighted by Crippen LogP contribution is -2.28. The first-order valence-electron chi connectivity index (χ1n) is 10.0. The number of carbonyl (C=O) groups excluding carboxylic acids is 3. The first kappa shape index (κ1) is 26.7. The van der Waals surface area contributed by atoms with Crippen LogP contribution in [0.5, 0.6) is 0 Å². The Morgan fingerprint density at radius 2 is 1.81 bits per heavy atom. The molecule has 3 aromatic rings. The Hall–Kier alpha value is -3.85. The lowest BCUT2D eigenvalue weighted by atomic mass is 10.2. The van der Waals surface area contributed by atoms with Gasteiger partial charge in [-0.25, -0.2) is 19.9 Å². The van der Waals surface area contributed by atoms with Gasteiger partial charge in [0.05, 0.1) is 29.4 Å². The molecule has 0 aliphatic carbocycles. The molecular formula is C20H18ClF3N8O3S. The van der Waals surface area contributed by atoms with Gasteiger partial charge in [0.2, 0.25) is 5.91 Å². The third kappa shape index (κ3) is 6.85. The molecule has 0 spiro atoms. The van der Waals surface area contributed by atoms with Crippen molar-refractivity contribution < 1.29 is 27.6 Å². The molecule has 0 saturated heterocycles. The van der Waals surface area contributed by atoms with E-state index in [4.69, 9.17) is 11.6 Å². The Morgan fingerprint density at radius 3 is 2.50 bits per heavy atom. The molecule has 1 atom stereocenters. The molecule has 0 unspecified atom stereocenters. The smallest absolute Gasteiger partial charge is 0.361 e. The van der Waals surface area contributed by atoms with E-state index in [9.17, 15) is 27.6 Å². The monoisotopic (exact) mass is 542 g/mol. The molecule has 16 heteroatoms. The third-order valence-corrected chi connectivity index (χ3v) is 5.96. The van der Waals surface area contributed by atoms with Gasteiger partial charge in [0, 0.05) is 19.3 Å². The lowest BCUT2D eigenvalue weighted by Gasteiger charge is -2.11. The van der Waals surface area contributed by atoms with E-state index in [1.54, 1.807) is 6.92 Å². The molecule has 3 amide bonds. The second-order valence-corrected chi connectivity index (χ2v) is 8.54. The molecule has 0 aromatic carbocycles. The molecule has 0 bridgehead atoms. The fourth-order valence-electron chi connectivity index (χ4n) is 2.66. The summed E-state index contributed by atoms with van der Waals surface area (Å²) in [6.07, 6.45) is -1.53. The molecule has 0 saturated carbocycles. The number of pyridine rings is 1. The van der Waals surface area contributed by atoms with Gasteiger partial charge < -0.3 is 21.3 Å². The van der Waals surface area contributed by atoms with Gasteiger partial charge in [-0.15, -0.1) is 11.3 Å². The van der Waals surface area contributed by atoms with Crippen molar-refractivity contribution in [2.24, 2.45) is 0 Å². The highest BCUT2D eigenvalue weighted by Crippen LogP contribution is 2.35. The van der Waals surface area contributed by atoms with Gasteiger partial charge in [0.1, 0.15) is 33.5 Å². The van der Waals surface area contributed by atoms with Crippen LogP contribution in [0.15, 0.2) is 30.9 Å². The molecule has 3 aromatic heterocycles. The zero-order valence-corrected chi connectivity index (χ0v) is 20.2. The highest BCUT2D eigenvalue weighted by molar-refractivity contribution is 7.13. The fraction of sp³-hybridized carbons (Fsp3) is 0.250. The van der Waals surface area contributed by atoms with E-state index in [2.05, 4.69) is 41.2 Å². The highest BCUT2D eigenvalue weighted by atomic mass is 35.5. The van der Waals surface area contributed by atoms with Gasteiger partial charge in [-0.05, 0) is 13.0 Å². The number of nitrogens with one attached hydrogen (secondary N) is 4. The molecule has 0 radical (unpaired) electrons. The predicted octanol–water partition coefficient (Wildman–Crippen LogP) is 2.90. The number of alkyl halides is 3. The summed E-state index contributed by atoms with van der Waals surface area (Å²) in [5, 5.41) is 9.90. The van der Waals surface area contributed by atoms with Crippen LogP contribution in [0.4, 0.5) is 24.8 Å². The molecular weight excluding hydrogens is 525 g/mol. The molecule has 3 rings (SSSR count). The standard InChI is InChI=1S/C20H18ClF3N8O3S/c1-9(31-17(34)12-4-14(30-8-29-12)27-7-16(33)25-2)19-28-6-13(36-19)18(35)32-15-3-10(20(22,23)24)11(21)5-26-15/h3-6,8-9H,7H2,1-2H3,(H,25,33)(H,31,34)(H,26,32,35)(H,27,29,30)/t9-/m1/s1. The van der Waals surface area contributed by atoms with Gasteiger partial charge in [-0.1, -0.05) is 11.6 Å². The first-order valence-corrected chi connectivity index (χ1v) is 11.2. The Bertz CT molecular complexity index is 1290. The van der Waals surface area contributed by atoms with Crippen LogP contribution in [-0.2, 0) is 11.0 Å². The average Bonchev–Trinajstić information content (AvgIpc) is 3.34. The van der Waals surface area contributed by atoms with E-state index < -0.39 is 34.6 Å². The predicted molar refractivity (Wildman–Crippen MR) is 125 cm³/mol. The van der Waals surface area contributed by atoms with E-state index in [1.165, 1.54) is 19.3 Å². The maximum absolute atomic E-state index is 13.0. The minimum atomic E-state index is -4.71. The van der Waals surface area contributed by atoms with Crippen LogP contribution in [0, 0.1) is 0 Å².